The smallest absolute Gasteiger partial charge is 0.224 e. The van der Waals surface area contributed by atoms with Gasteiger partial charge in [-0.1, -0.05) is 6.08 Å². The lowest BCUT2D eigenvalue weighted by Gasteiger charge is -2.27. The van der Waals surface area contributed by atoms with E-state index in [9.17, 15) is 4.79 Å². The zero-order chi connectivity index (χ0) is 15.5. The van der Waals surface area contributed by atoms with Crippen LogP contribution < -0.4 is 0 Å². The maximum atomic E-state index is 12.2. The van der Waals surface area contributed by atoms with Crippen molar-refractivity contribution in [3.8, 4) is 0 Å². The Kier molecular flexibility index (Phi) is 4.24. The van der Waals surface area contributed by atoms with Crippen molar-refractivity contribution in [3.63, 3.8) is 0 Å². The Morgan fingerprint density at radius 1 is 1.45 bits per heavy atom. The van der Waals surface area contributed by atoms with Crippen molar-refractivity contribution in [2.45, 2.75) is 12.8 Å². The van der Waals surface area contributed by atoms with Crippen LogP contribution in [0.15, 0.2) is 30.6 Å². The van der Waals surface area contributed by atoms with Crippen molar-refractivity contribution in [2.24, 2.45) is 0 Å². The molecule has 2 aromatic rings. The number of rotatable bonds is 4. The second-order valence-corrected chi connectivity index (χ2v) is 5.97. The van der Waals surface area contributed by atoms with Crippen LogP contribution in [0.3, 0.4) is 0 Å². The lowest BCUT2D eigenvalue weighted by Crippen LogP contribution is -2.36. The van der Waals surface area contributed by atoms with Gasteiger partial charge in [-0.15, -0.1) is 0 Å². The molecule has 0 saturated heterocycles. The fraction of sp³-hybridized carbons (Fsp3) is 0.412. The van der Waals surface area contributed by atoms with Gasteiger partial charge in [-0.3, -0.25) is 9.78 Å². The summed E-state index contributed by atoms with van der Waals surface area (Å²) in [6.07, 6.45) is 7.48. The number of nitrogens with zero attached hydrogens (tertiary/aromatic N) is 3. The van der Waals surface area contributed by atoms with E-state index in [1.54, 1.807) is 0 Å². The van der Waals surface area contributed by atoms with Crippen LogP contribution in [-0.4, -0.2) is 59.4 Å². The molecule has 22 heavy (non-hydrogen) atoms. The minimum atomic E-state index is 0.237. The highest BCUT2D eigenvalue weighted by molar-refractivity contribution is 5.90. The molecule has 3 rings (SSSR count). The summed E-state index contributed by atoms with van der Waals surface area (Å²) in [5.41, 5.74) is 4.52. The molecule has 1 aliphatic rings. The molecule has 0 radical (unpaired) electrons. The average Bonchev–Trinajstić information content (AvgIpc) is 2.97. The summed E-state index contributed by atoms with van der Waals surface area (Å²) >= 11 is 0. The number of hydrogen-bond donors (Lipinski definition) is 1. The van der Waals surface area contributed by atoms with Gasteiger partial charge in [0.25, 0.3) is 0 Å². The number of fused-ring (bicyclic) bond motifs is 1. The Bertz CT molecular complexity index is 702. The Labute approximate surface area is 130 Å². The third-order valence-corrected chi connectivity index (χ3v) is 4.12. The number of pyridine rings is 1. The number of carbonyl (C=O) groups is 1. The van der Waals surface area contributed by atoms with Crippen LogP contribution in [0.5, 0.6) is 0 Å². The summed E-state index contributed by atoms with van der Waals surface area (Å²) in [7, 11) is 3.98. The van der Waals surface area contributed by atoms with Crippen LogP contribution in [0, 0.1) is 0 Å². The molecule has 116 valence electrons. The zero-order valence-electron chi connectivity index (χ0n) is 13.2. The van der Waals surface area contributed by atoms with Gasteiger partial charge in [0, 0.05) is 44.0 Å². The van der Waals surface area contributed by atoms with Crippen molar-refractivity contribution in [2.75, 3.05) is 33.7 Å². The third kappa shape index (κ3) is 3.04. The van der Waals surface area contributed by atoms with Crippen molar-refractivity contribution in [3.05, 3.63) is 36.2 Å². The molecular formula is C17H22N4O. The van der Waals surface area contributed by atoms with Crippen molar-refractivity contribution >= 4 is 22.5 Å². The fourth-order valence-corrected chi connectivity index (χ4v) is 2.82. The van der Waals surface area contributed by atoms with E-state index in [-0.39, 0.29) is 5.91 Å². The largest absolute Gasteiger partial charge is 0.359 e. The van der Waals surface area contributed by atoms with Gasteiger partial charge in [0.1, 0.15) is 0 Å². The highest BCUT2D eigenvalue weighted by atomic mass is 16.2. The maximum absolute atomic E-state index is 12.2. The average molecular weight is 298 g/mol. The third-order valence-electron chi connectivity index (χ3n) is 4.12. The van der Waals surface area contributed by atoms with Gasteiger partial charge < -0.3 is 14.8 Å². The highest BCUT2D eigenvalue weighted by Crippen LogP contribution is 2.27. The van der Waals surface area contributed by atoms with Gasteiger partial charge in [0.15, 0.2) is 0 Å². The van der Waals surface area contributed by atoms with E-state index in [0.717, 1.165) is 36.1 Å². The SMILES string of the molecule is CN(C)CCC(=O)N1CC=C(c2c[nH]c3cccnc23)CC1. The molecule has 0 fully saturated rings. The Balaban J connectivity index is 1.70. The van der Waals surface area contributed by atoms with Crippen LogP contribution in [0.1, 0.15) is 18.4 Å². The number of aromatic nitrogens is 2. The van der Waals surface area contributed by atoms with E-state index >= 15 is 0 Å². The van der Waals surface area contributed by atoms with Gasteiger partial charge in [0.05, 0.1) is 11.0 Å². The van der Waals surface area contributed by atoms with Crippen LogP contribution in [-0.2, 0) is 4.79 Å². The second kappa shape index (κ2) is 6.32. The van der Waals surface area contributed by atoms with Crippen molar-refractivity contribution < 1.29 is 4.79 Å². The molecule has 5 heteroatoms. The normalized spacial score (nSPS) is 15.4. The molecule has 0 unspecified atom stereocenters. The monoisotopic (exact) mass is 298 g/mol. The molecule has 0 aromatic carbocycles. The van der Waals surface area contributed by atoms with E-state index in [1.165, 1.54) is 5.57 Å². The summed E-state index contributed by atoms with van der Waals surface area (Å²) in [6.45, 7) is 2.29. The molecule has 0 spiro atoms. The van der Waals surface area contributed by atoms with E-state index in [1.807, 2.05) is 48.4 Å². The van der Waals surface area contributed by atoms with E-state index in [0.29, 0.717) is 13.0 Å². The summed E-state index contributed by atoms with van der Waals surface area (Å²) in [6, 6.07) is 3.97. The van der Waals surface area contributed by atoms with Crippen molar-refractivity contribution in [1.29, 1.82) is 0 Å². The molecule has 0 aliphatic carbocycles. The van der Waals surface area contributed by atoms with Crippen LogP contribution >= 0.6 is 0 Å². The standard InChI is InChI=1S/C17H22N4O/c1-20(2)9-7-16(22)21-10-5-13(6-11-21)14-12-19-15-4-3-8-18-17(14)15/h3-5,8,12,19H,6-7,9-11H2,1-2H3. The van der Waals surface area contributed by atoms with Crippen molar-refractivity contribution in [1.82, 2.24) is 19.8 Å². The molecular weight excluding hydrogens is 276 g/mol. The lowest BCUT2D eigenvalue weighted by atomic mass is 10.0. The lowest BCUT2D eigenvalue weighted by molar-refractivity contribution is -0.131. The quantitative estimate of drug-likeness (QED) is 0.941. The Hall–Kier alpha value is -2.14. The minimum Gasteiger partial charge on any atom is -0.359 e. The topological polar surface area (TPSA) is 52.2 Å². The minimum absolute atomic E-state index is 0.237. The first-order valence-corrected chi connectivity index (χ1v) is 7.69. The van der Waals surface area contributed by atoms with E-state index < -0.39 is 0 Å². The Morgan fingerprint density at radius 3 is 3.05 bits per heavy atom. The summed E-state index contributed by atoms with van der Waals surface area (Å²) in [5, 5.41) is 0. The summed E-state index contributed by atoms with van der Waals surface area (Å²) in [4.78, 5) is 23.9. The molecule has 5 nitrogen and oxygen atoms in total. The van der Waals surface area contributed by atoms with E-state index in [2.05, 4.69) is 16.0 Å². The first kappa shape index (κ1) is 14.8. The molecule has 0 bridgehead atoms. The predicted molar refractivity (Wildman–Crippen MR) is 88.4 cm³/mol. The molecule has 0 atom stereocenters. The molecule has 1 N–H and O–H groups in total. The number of carbonyl (C=O) groups excluding carboxylic acids is 1. The molecule has 3 heterocycles. The predicted octanol–water partition coefficient (Wildman–Crippen LogP) is 2.13. The first-order valence-electron chi connectivity index (χ1n) is 7.69. The van der Waals surface area contributed by atoms with E-state index in [4.69, 9.17) is 0 Å². The molecule has 1 aliphatic heterocycles. The zero-order valence-corrected chi connectivity index (χ0v) is 13.2. The summed E-state index contributed by atoms with van der Waals surface area (Å²) < 4.78 is 0. The van der Waals surface area contributed by atoms with Crippen LogP contribution in [0.2, 0.25) is 0 Å². The summed E-state index contributed by atoms with van der Waals surface area (Å²) in [5.74, 6) is 0.237. The number of hydrogen-bond acceptors (Lipinski definition) is 3. The molecule has 1 amide bonds. The highest BCUT2D eigenvalue weighted by Gasteiger charge is 2.19. The second-order valence-electron chi connectivity index (χ2n) is 5.97. The van der Waals surface area contributed by atoms with Gasteiger partial charge in [-0.2, -0.15) is 0 Å². The van der Waals surface area contributed by atoms with Crippen LogP contribution in [0.25, 0.3) is 16.6 Å². The fourth-order valence-electron chi connectivity index (χ4n) is 2.82. The Morgan fingerprint density at radius 2 is 2.32 bits per heavy atom. The number of H-pyrrole nitrogens is 1. The van der Waals surface area contributed by atoms with Gasteiger partial charge in [-0.25, -0.2) is 0 Å². The number of aromatic amines is 1. The van der Waals surface area contributed by atoms with Gasteiger partial charge in [-0.05, 0) is 38.2 Å². The van der Waals surface area contributed by atoms with Gasteiger partial charge in [0.2, 0.25) is 5.91 Å². The van der Waals surface area contributed by atoms with Crippen LogP contribution in [0.4, 0.5) is 0 Å². The maximum Gasteiger partial charge on any atom is 0.224 e. The number of amides is 1. The molecule has 2 aromatic heterocycles. The van der Waals surface area contributed by atoms with Gasteiger partial charge >= 0.3 is 0 Å². The molecule has 0 saturated carbocycles. The number of nitrogens with one attached hydrogen (secondary N) is 1. The first-order chi connectivity index (χ1) is 10.6.